The summed E-state index contributed by atoms with van der Waals surface area (Å²) < 4.78 is 25.3. The molecular formula is C14H19FN2O2. The highest BCUT2D eigenvalue weighted by atomic mass is 19.1. The Morgan fingerprint density at radius 1 is 1.53 bits per heavy atom. The van der Waals surface area contributed by atoms with Crippen LogP contribution in [0.2, 0.25) is 0 Å². The average molecular weight is 266 g/mol. The molecule has 1 saturated heterocycles. The summed E-state index contributed by atoms with van der Waals surface area (Å²) in [6.07, 6.45) is 0.815. The van der Waals surface area contributed by atoms with Gasteiger partial charge in [-0.25, -0.2) is 4.39 Å². The highest BCUT2D eigenvalue weighted by Crippen LogP contribution is 2.37. The van der Waals surface area contributed by atoms with E-state index in [-0.39, 0.29) is 18.0 Å². The third-order valence-corrected chi connectivity index (χ3v) is 3.77. The molecule has 1 N–H and O–H groups in total. The first-order valence-electron chi connectivity index (χ1n) is 6.71. The average Bonchev–Trinajstić information content (AvgIpc) is 2.56. The van der Waals surface area contributed by atoms with Crippen LogP contribution in [0.5, 0.6) is 5.75 Å². The molecule has 0 radical (unpaired) electrons. The fourth-order valence-corrected chi connectivity index (χ4v) is 2.95. The van der Waals surface area contributed by atoms with Crippen LogP contribution in [-0.4, -0.2) is 45.5 Å². The summed E-state index contributed by atoms with van der Waals surface area (Å²) in [6, 6.07) is 5.29. The Kier molecular flexibility index (Phi) is 3.57. The van der Waals surface area contributed by atoms with E-state index in [2.05, 4.69) is 10.2 Å². The zero-order valence-corrected chi connectivity index (χ0v) is 11.1. The van der Waals surface area contributed by atoms with Crippen molar-refractivity contribution in [2.75, 3.05) is 38.3 Å². The van der Waals surface area contributed by atoms with Crippen molar-refractivity contribution in [3.05, 3.63) is 24.0 Å². The van der Waals surface area contributed by atoms with Gasteiger partial charge >= 0.3 is 0 Å². The van der Waals surface area contributed by atoms with Crippen LogP contribution < -0.4 is 15.0 Å². The van der Waals surface area contributed by atoms with Crippen LogP contribution in [0.15, 0.2) is 18.2 Å². The maximum absolute atomic E-state index is 14.2. The van der Waals surface area contributed by atoms with E-state index in [1.54, 1.807) is 13.2 Å². The molecule has 3 rings (SSSR count). The van der Waals surface area contributed by atoms with E-state index in [0.717, 1.165) is 26.1 Å². The molecule has 0 saturated carbocycles. The van der Waals surface area contributed by atoms with Gasteiger partial charge in [-0.1, -0.05) is 6.07 Å². The second-order valence-corrected chi connectivity index (χ2v) is 5.07. The summed E-state index contributed by atoms with van der Waals surface area (Å²) in [5.74, 6) is 0.425. The Balaban J connectivity index is 1.99. The fourth-order valence-electron chi connectivity index (χ4n) is 2.95. The van der Waals surface area contributed by atoms with Crippen molar-refractivity contribution in [2.24, 2.45) is 0 Å². The minimum absolute atomic E-state index is 0.0274. The lowest BCUT2D eigenvalue weighted by atomic mass is 10.1. The number of anilines is 1. The molecule has 0 aromatic heterocycles. The van der Waals surface area contributed by atoms with E-state index in [1.807, 2.05) is 6.07 Å². The second-order valence-electron chi connectivity index (χ2n) is 5.07. The van der Waals surface area contributed by atoms with E-state index in [0.29, 0.717) is 18.0 Å². The maximum atomic E-state index is 14.2. The van der Waals surface area contributed by atoms with Gasteiger partial charge in [0, 0.05) is 39.2 Å². The van der Waals surface area contributed by atoms with Crippen LogP contribution in [0, 0.1) is 5.82 Å². The molecule has 0 amide bonds. The van der Waals surface area contributed by atoms with Gasteiger partial charge in [0.05, 0.1) is 6.61 Å². The van der Waals surface area contributed by atoms with E-state index < -0.39 is 0 Å². The van der Waals surface area contributed by atoms with Gasteiger partial charge < -0.3 is 19.7 Å². The predicted molar refractivity (Wildman–Crippen MR) is 71.3 cm³/mol. The lowest BCUT2D eigenvalue weighted by molar-refractivity contribution is 0.0745. The fraction of sp³-hybridized carbons (Fsp3) is 0.571. The van der Waals surface area contributed by atoms with Crippen LogP contribution in [0.4, 0.5) is 10.1 Å². The van der Waals surface area contributed by atoms with Crippen molar-refractivity contribution in [3.63, 3.8) is 0 Å². The van der Waals surface area contributed by atoms with Crippen molar-refractivity contribution >= 4 is 5.69 Å². The topological polar surface area (TPSA) is 33.7 Å². The van der Waals surface area contributed by atoms with Crippen molar-refractivity contribution in [3.8, 4) is 5.75 Å². The Morgan fingerprint density at radius 2 is 2.42 bits per heavy atom. The van der Waals surface area contributed by atoms with Gasteiger partial charge in [-0.2, -0.15) is 0 Å². The molecule has 1 aromatic rings. The minimum atomic E-state index is -0.206. The molecule has 19 heavy (non-hydrogen) atoms. The Hall–Kier alpha value is -1.33. The molecule has 0 unspecified atom stereocenters. The number of nitrogens with one attached hydrogen (secondary N) is 1. The molecule has 2 aliphatic rings. The number of piperazine rings is 1. The highest BCUT2D eigenvalue weighted by Gasteiger charge is 2.33. The quantitative estimate of drug-likeness (QED) is 0.877. The Bertz CT molecular complexity index is 455. The monoisotopic (exact) mass is 266 g/mol. The van der Waals surface area contributed by atoms with Gasteiger partial charge in [-0.05, 0) is 12.1 Å². The standard InChI is InChI=1S/C14H19FN2O2/c1-18-9-11-7-10-8-16-5-6-17(10)14-12(15)3-2-4-13(14)19-11/h2-4,10-11,16H,5-9H2,1H3/t10-,11+/m1/s1. The van der Waals surface area contributed by atoms with Crippen LogP contribution in [0.25, 0.3) is 0 Å². The van der Waals surface area contributed by atoms with Crippen molar-refractivity contribution in [1.82, 2.24) is 5.32 Å². The third kappa shape index (κ3) is 2.40. The van der Waals surface area contributed by atoms with Gasteiger partial charge in [0.2, 0.25) is 0 Å². The lowest BCUT2D eigenvalue weighted by Gasteiger charge is -2.37. The summed E-state index contributed by atoms with van der Waals surface area (Å²) in [7, 11) is 1.66. The Labute approximate surface area is 112 Å². The molecule has 0 bridgehead atoms. The van der Waals surface area contributed by atoms with Gasteiger partial charge in [-0.15, -0.1) is 0 Å². The zero-order chi connectivity index (χ0) is 13.2. The SMILES string of the molecule is COC[C@@H]1C[C@@H]2CNCCN2c2c(F)cccc2O1. The van der Waals surface area contributed by atoms with Crippen molar-refractivity contribution < 1.29 is 13.9 Å². The van der Waals surface area contributed by atoms with Gasteiger partial charge in [0.1, 0.15) is 23.4 Å². The van der Waals surface area contributed by atoms with Crippen molar-refractivity contribution in [2.45, 2.75) is 18.6 Å². The molecule has 4 nitrogen and oxygen atoms in total. The number of hydrogen-bond acceptors (Lipinski definition) is 4. The summed E-state index contributed by atoms with van der Waals surface area (Å²) in [4.78, 5) is 2.14. The largest absolute Gasteiger partial charge is 0.486 e. The number of nitrogens with zero attached hydrogens (tertiary/aromatic N) is 1. The normalized spacial score (nSPS) is 26.1. The van der Waals surface area contributed by atoms with Crippen LogP contribution in [-0.2, 0) is 4.74 Å². The van der Waals surface area contributed by atoms with Crippen LogP contribution >= 0.6 is 0 Å². The van der Waals surface area contributed by atoms with E-state index in [1.165, 1.54) is 6.07 Å². The number of hydrogen-bond donors (Lipinski definition) is 1. The van der Waals surface area contributed by atoms with Crippen LogP contribution in [0.1, 0.15) is 6.42 Å². The van der Waals surface area contributed by atoms with Gasteiger partial charge in [0.15, 0.2) is 0 Å². The summed E-state index contributed by atoms with van der Waals surface area (Å²) in [5, 5.41) is 3.36. The minimum Gasteiger partial charge on any atom is -0.486 e. The predicted octanol–water partition coefficient (Wildman–Crippen LogP) is 1.40. The molecule has 104 valence electrons. The van der Waals surface area contributed by atoms with Crippen molar-refractivity contribution in [1.29, 1.82) is 0 Å². The maximum Gasteiger partial charge on any atom is 0.150 e. The number of fused-ring (bicyclic) bond motifs is 3. The number of benzene rings is 1. The number of para-hydroxylation sites is 1. The first-order chi connectivity index (χ1) is 9.29. The van der Waals surface area contributed by atoms with E-state index >= 15 is 0 Å². The number of methoxy groups -OCH3 is 1. The molecule has 2 aliphatic heterocycles. The van der Waals surface area contributed by atoms with Crippen LogP contribution in [0.3, 0.4) is 0 Å². The number of ether oxygens (including phenoxy) is 2. The molecule has 2 heterocycles. The first kappa shape index (κ1) is 12.7. The summed E-state index contributed by atoms with van der Waals surface area (Å²) in [6.45, 7) is 3.07. The highest BCUT2D eigenvalue weighted by molar-refractivity contribution is 5.61. The van der Waals surface area contributed by atoms with E-state index in [4.69, 9.17) is 9.47 Å². The van der Waals surface area contributed by atoms with Gasteiger partial charge in [0.25, 0.3) is 0 Å². The third-order valence-electron chi connectivity index (χ3n) is 3.77. The molecular weight excluding hydrogens is 247 g/mol. The number of rotatable bonds is 2. The summed E-state index contributed by atoms with van der Waals surface area (Å²) in [5.41, 5.74) is 0.604. The number of halogens is 1. The lowest BCUT2D eigenvalue weighted by Crippen LogP contribution is -2.52. The zero-order valence-electron chi connectivity index (χ0n) is 11.1. The second kappa shape index (κ2) is 5.35. The molecule has 1 aromatic carbocycles. The first-order valence-corrected chi connectivity index (χ1v) is 6.71. The summed E-state index contributed by atoms with van der Waals surface area (Å²) >= 11 is 0. The molecule has 5 heteroatoms. The van der Waals surface area contributed by atoms with Gasteiger partial charge in [-0.3, -0.25) is 0 Å². The Morgan fingerprint density at radius 3 is 3.26 bits per heavy atom. The molecule has 0 spiro atoms. The molecule has 2 atom stereocenters. The molecule has 0 aliphatic carbocycles. The van der Waals surface area contributed by atoms with E-state index in [9.17, 15) is 4.39 Å². The molecule has 1 fully saturated rings. The smallest absolute Gasteiger partial charge is 0.150 e.